The van der Waals surface area contributed by atoms with Crippen molar-refractivity contribution in [3.8, 4) is 11.8 Å². The van der Waals surface area contributed by atoms with Crippen molar-refractivity contribution in [2.24, 2.45) is 0 Å². The van der Waals surface area contributed by atoms with Crippen molar-refractivity contribution in [1.29, 1.82) is 0 Å². The summed E-state index contributed by atoms with van der Waals surface area (Å²) in [5.74, 6) is 6.37. The van der Waals surface area contributed by atoms with Gasteiger partial charge >= 0.3 is 19.5 Å². The molecule has 1 nitrogen and oxygen atoms in total. The molecule has 116 valence electrons. The van der Waals surface area contributed by atoms with E-state index in [0.29, 0.717) is 0 Å². The maximum atomic E-state index is 6.05. The Labute approximate surface area is 151 Å². The minimum atomic E-state index is -1.58. The molecule has 0 heterocycles. The Morgan fingerprint density at radius 2 is 1.82 bits per heavy atom. The molecule has 0 aliphatic heterocycles. The molecule has 0 atom stereocenters. The molecule has 0 saturated carbocycles. The summed E-state index contributed by atoms with van der Waals surface area (Å²) >= 11 is 0. The van der Waals surface area contributed by atoms with Crippen molar-refractivity contribution in [2.75, 3.05) is 0 Å². The number of benzene rings is 1. The average Bonchev–Trinajstić information content (AvgIpc) is 2.47. The molecule has 0 aliphatic carbocycles. The van der Waals surface area contributed by atoms with Crippen molar-refractivity contribution in [3.63, 3.8) is 0 Å². The Bertz CT molecular complexity index is 440. The predicted molar refractivity (Wildman–Crippen MR) is 96.1 cm³/mol. The number of hydrogen-bond donors (Lipinski definition) is 0. The maximum absolute atomic E-state index is 6.05. The molecule has 0 bridgehead atoms. The first-order valence-corrected chi connectivity index (χ1v) is 10.9. The summed E-state index contributed by atoms with van der Waals surface area (Å²) in [7, 11) is -1.58. The summed E-state index contributed by atoms with van der Waals surface area (Å²) in [5.41, 5.74) is 1.03. The first-order chi connectivity index (χ1) is 10.0. The Morgan fingerprint density at radius 3 is 2.32 bits per heavy atom. The molecule has 0 aliphatic rings. The van der Waals surface area contributed by atoms with Gasteiger partial charge in [-0.2, -0.15) is 6.92 Å². The van der Waals surface area contributed by atoms with Gasteiger partial charge in [0.1, 0.15) is 0 Å². The van der Waals surface area contributed by atoms with Crippen LogP contribution < -0.4 is 0 Å². The van der Waals surface area contributed by atoms with E-state index in [0.717, 1.165) is 30.9 Å². The molecule has 0 fully saturated rings. The van der Waals surface area contributed by atoms with E-state index >= 15 is 0 Å². The van der Waals surface area contributed by atoms with Crippen LogP contribution in [0.4, 0.5) is 0 Å². The molecule has 1 rings (SSSR count). The molecule has 0 unspecified atom stereocenters. The minimum absolute atomic E-state index is 0. The fourth-order valence-corrected chi connectivity index (χ4v) is 2.47. The van der Waals surface area contributed by atoms with Crippen molar-refractivity contribution in [1.82, 2.24) is 0 Å². The third-order valence-corrected chi connectivity index (χ3v) is 3.22. The predicted octanol–water partition coefficient (Wildman–Crippen LogP) is 5.62. The van der Waals surface area contributed by atoms with E-state index in [1.165, 1.54) is 0 Å². The summed E-state index contributed by atoms with van der Waals surface area (Å²) in [6, 6.07) is 10.0. The zero-order valence-electron chi connectivity index (χ0n) is 14.6. The Kier molecular flexibility index (Phi) is 14.7. The molecule has 1 aromatic rings. The van der Waals surface area contributed by atoms with Crippen molar-refractivity contribution < 1.29 is 23.9 Å². The third-order valence-electron chi connectivity index (χ3n) is 2.36. The van der Waals surface area contributed by atoms with Crippen LogP contribution in [0.2, 0.25) is 19.6 Å². The summed E-state index contributed by atoms with van der Waals surface area (Å²) in [6.07, 6.45) is 5.82. The summed E-state index contributed by atoms with van der Waals surface area (Å²) in [5, 5.41) is 0. The SMILES string of the molecule is C=CCCC[C-](C#Cc1ccccc1)O[Si](C)(C)C.[CH2-]C.[Zn+2]. The topological polar surface area (TPSA) is 9.23 Å². The first-order valence-electron chi connectivity index (χ1n) is 7.45. The van der Waals surface area contributed by atoms with Crippen LogP contribution in [0.5, 0.6) is 0 Å². The van der Waals surface area contributed by atoms with E-state index in [1.54, 1.807) is 6.92 Å². The zero-order valence-corrected chi connectivity index (χ0v) is 18.6. The van der Waals surface area contributed by atoms with Crippen molar-refractivity contribution >= 4 is 8.32 Å². The molecular weight excluding hydrogens is 338 g/mol. The Morgan fingerprint density at radius 1 is 1.23 bits per heavy atom. The van der Waals surface area contributed by atoms with Crippen LogP contribution >= 0.6 is 0 Å². The van der Waals surface area contributed by atoms with E-state index in [4.69, 9.17) is 4.43 Å². The molecule has 0 radical (unpaired) electrons. The smallest absolute Gasteiger partial charge is 0.470 e. The van der Waals surface area contributed by atoms with Crippen LogP contribution in [0.3, 0.4) is 0 Å². The van der Waals surface area contributed by atoms with Gasteiger partial charge in [0.05, 0.1) is 0 Å². The van der Waals surface area contributed by atoms with Gasteiger partial charge in [0.25, 0.3) is 0 Å². The molecule has 1 aromatic carbocycles. The van der Waals surface area contributed by atoms with E-state index in [2.05, 4.69) is 45.0 Å². The van der Waals surface area contributed by atoms with Crippen LogP contribution in [-0.4, -0.2) is 8.32 Å². The zero-order chi connectivity index (χ0) is 16.1. The number of rotatable bonds is 6. The van der Waals surface area contributed by atoms with Gasteiger partial charge < -0.3 is 11.3 Å². The average molecular weight is 366 g/mol. The molecule has 22 heavy (non-hydrogen) atoms. The summed E-state index contributed by atoms with van der Waals surface area (Å²) < 4.78 is 6.05. The van der Waals surface area contributed by atoms with Gasteiger partial charge in [0.15, 0.2) is 8.32 Å². The van der Waals surface area contributed by atoms with Gasteiger partial charge in [-0.1, -0.05) is 60.9 Å². The second kappa shape index (κ2) is 13.8. The standard InChI is InChI=1S/C17H23OSi.C2H5.Zn/c1-5-6-8-13-17(18-19(2,3)4)15-14-16-11-9-7-10-12-16;1-2;/h5,7,9-12H,1,6,8,13H2,2-4H3;1H2,2H3;/q2*-1;+2. The quantitative estimate of drug-likeness (QED) is 0.209. The Hall–Kier alpha value is -0.810. The number of allylic oxidation sites excluding steroid dienone is 1. The van der Waals surface area contributed by atoms with E-state index in [1.807, 2.05) is 36.4 Å². The van der Waals surface area contributed by atoms with Gasteiger partial charge in [-0.25, -0.2) is 0 Å². The Balaban J connectivity index is 0. The monoisotopic (exact) mass is 364 g/mol. The fraction of sp³-hybridized carbons (Fsp3) is 0.368. The number of hydrogen-bond acceptors (Lipinski definition) is 1. The molecule has 0 aromatic heterocycles. The summed E-state index contributed by atoms with van der Waals surface area (Å²) in [4.78, 5) is 0. The molecular formula is C19H28OSiZn. The van der Waals surface area contributed by atoms with E-state index in [9.17, 15) is 0 Å². The first kappa shape index (κ1) is 23.5. The van der Waals surface area contributed by atoms with Gasteiger partial charge in [-0.3, -0.25) is 11.8 Å². The van der Waals surface area contributed by atoms with Crippen LogP contribution in [0.25, 0.3) is 0 Å². The molecule has 3 heteroatoms. The van der Waals surface area contributed by atoms with Gasteiger partial charge in [0, 0.05) is 0 Å². The van der Waals surface area contributed by atoms with Gasteiger partial charge in [-0.15, -0.1) is 6.58 Å². The number of unbranched alkanes of at least 4 members (excludes halogenated alkanes) is 1. The van der Waals surface area contributed by atoms with Crippen molar-refractivity contribution in [3.05, 3.63) is 61.6 Å². The summed E-state index contributed by atoms with van der Waals surface area (Å²) in [6.45, 7) is 15.3. The van der Waals surface area contributed by atoms with E-state index < -0.39 is 8.32 Å². The molecule has 0 saturated heterocycles. The molecule has 0 N–H and O–H groups in total. The largest absolute Gasteiger partial charge is 2.00 e. The maximum Gasteiger partial charge on any atom is 2.00 e. The third kappa shape index (κ3) is 12.9. The van der Waals surface area contributed by atoms with Crippen molar-refractivity contribution in [2.45, 2.75) is 45.8 Å². The van der Waals surface area contributed by atoms with Gasteiger partial charge in [0.2, 0.25) is 0 Å². The molecule has 0 spiro atoms. The second-order valence-corrected chi connectivity index (χ2v) is 9.86. The minimum Gasteiger partial charge on any atom is -0.470 e. The van der Waals surface area contributed by atoms with Crippen LogP contribution in [0, 0.1) is 24.9 Å². The van der Waals surface area contributed by atoms with Crippen LogP contribution in [-0.2, 0) is 23.9 Å². The normalized spacial score (nSPS) is 9.32. The van der Waals surface area contributed by atoms with E-state index in [-0.39, 0.29) is 19.5 Å². The second-order valence-electron chi connectivity index (χ2n) is 5.43. The van der Waals surface area contributed by atoms with Gasteiger partial charge in [-0.05, 0) is 26.1 Å². The van der Waals surface area contributed by atoms with Crippen LogP contribution in [0.1, 0.15) is 31.7 Å². The fourth-order valence-electron chi connectivity index (χ4n) is 1.58. The van der Waals surface area contributed by atoms with Crippen LogP contribution in [0.15, 0.2) is 43.0 Å². The molecule has 0 amide bonds.